The number of anilines is 1. The van der Waals surface area contributed by atoms with Gasteiger partial charge in [-0.1, -0.05) is 0 Å². The maximum atomic E-state index is 5.02. The van der Waals surface area contributed by atoms with Crippen LogP contribution in [0.1, 0.15) is 18.5 Å². The fourth-order valence-corrected chi connectivity index (χ4v) is 1.29. The Morgan fingerprint density at radius 3 is 3.17 bits per heavy atom. The molecule has 0 radical (unpaired) electrons. The van der Waals surface area contributed by atoms with E-state index in [1.165, 1.54) is 5.56 Å². The van der Waals surface area contributed by atoms with Crippen molar-refractivity contribution in [3.63, 3.8) is 0 Å². The van der Waals surface area contributed by atoms with E-state index >= 15 is 0 Å². The molecule has 1 aliphatic rings. The number of ether oxygens (including phenoxy) is 1. The van der Waals surface area contributed by atoms with Gasteiger partial charge in [0.2, 0.25) is 5.88 Å². The number of aromatic nitrogens is 1. The summed E-state index contributed by atoms with van der Waals surface area (Å²) in [5.74, 6) is 0.658. The Morgan fingerprint density at radius 2 is 2.42 bits per heavy atom. The molecular formula is C8H11N3O. The Bertz CT molecular complexity index is 300. The standard InChI is InChI=1S/C8H11N3O/c1-5-6-3-8(12-2)9-4-7(6)11-10-5/h3-5,10-11H,1-2H3. The first-order chi connectivity index (χ1) is 5.81. The summed E-state index contributed by atoms with van der Waals surface area (Å²) in [6.45, 7) is 2.08. The maximum absolute atomic E-state index is 5.02. The van der Waals surface area contributed by atoms with Crippen molar-refractivity contribution >= 4 is 5.69 Å². The van der Waals surface area contributed by atoms with Gasteiger partial charge in [-0.15, -0.1) is 0 Å². The van der Waals surface area contributed by atoms with Crippen molar-refractivity contribution in [3.05, 3.63) is 17.8 Å². The molecule has 64 valence electrons. The molecule has 0 bridgehead atoms. The molecule has 1 aromatic heterocycles. The molecule has 2 rings (SSSR count). The number of hydrogen-bond acceptors (Lipinski definition) is 4. The average molecular weight is 165 g/mol. The smallest absolute Gasteiger partial charge is 0.213 e. The van der Waals surface area contributed by atoms with Crippen molar-refractivity contribution in [2.75, 3.05) is 12.5 Å². The Labute approximate surface area is 70.9 Å². The van der Waals surface area contributed by atoms with Crippen LogP contribution in [0, 0.1) is 0 Å². The molecule has 0 fully saturated rings. The molecule has 12 heavy (non-hydrogen) atoms. The minimum Gasteiger partial charge on any atom is -0.481 e. The molecule has 0 spiro atoms. The highest BCUT2D eigenvalue weighted by Gasteiger charge is 2.18. The molecule has 0 saturated carbocycles. The lowest BCUT2D eigenvalue weighted by Crippen LogP contribution is -2.15. The summed E-state index contributed by atoms with van der Waals surface area (Å²) in [5.41, 5.74) is 8.35. The predicted molar refractivity (Wildman–Crippen MR) is 46.0 cm³/mol. The van der Waals surface area contributed by atoms with Crippen LogP contribution in [0.5, 0.6) is 5.88 Å². The fourth-order valence-electron chi connectivity index (χ4n) is 1.29. The van der Waals surface area contributed by atoms with Gasteiger partial charge in [-0.2, -0.15) is 0 Å². The van der Waals surface area contributed by atoms with Crippen LogP contribution in [-0.4, -0.2) is 12.1 Å². The van der Waals surface area contributed by atoms with E-state index in [9.17, 15) is 0 Å². The summed E-state index contributed by atoms with van der Waals surface area (Å²) >= 11 is 0. The number of hydrazine groups is 1. The van der Waals surface area contributed by atoms with Crippen molar-refractivity contribution in [2.24, 2.45) is 0 Å². The Balaban J connectivity index is 2.43. The zero-order chi connectivity index (χ0) is 8.55. The third-order valence-corrected chi connectivity index (χ3v) is 2.01. The van der Waals surface area contributed by atoms with E-state index in [2.05, 4.69) is 22.8 Å². The molecule has 2 N–H and O–H groups in total. The van der Waals surface area contributed by atoms with Crippen LogP contribution in [0.2, 0.25) is 0 Å². The Hall–Kier alpha value is -1.29. The number of hydrogen-bond donors (Lipinski definition) is 2. The lowest BCUT2D eigenvalue weighted by molar-refractivity contribution is 0.397. The van der Waals surface area contributed by atoms with Crippen molar-refractivity contribution in [1.29, 1.82) is 0 Å². The second-order valence-electron chi connectivity index (χ2n) is 2.80. The second kappa shape index (κ2) is 2.64. The molecule has 0 aromatic carbocycles. The van der Waals surface area contributed by atoms with Crippen molar-refractivity contribution < 1.29 is 4.74 Å². The molecule has 4 heteroatoms. The molecule has 2 heterocycles. The Kier molecular flexibility index (Phi) is 1.62. The number of nitrogens with one attached hydrogen (secondary N) is 2. The molecular weight excluding hydrogens is 154 g/mol. The summed E-state index contributed by atoms with van der Waals surface area (Å²) in [6, 6.07) is 2.25. The first-order valence-electron chi connectivity index (χ1n) is 3.86. The van der Waals surface area contributed by atoms with Gasteiger partial charge in [-0.3, -0.25) is 0 Å². The minimum atomic E-state index is 0.317. The van der Waals surface area contributed by atoms with Crippen LogP contribution in [0.25, 0.3) is 0 Å². The van der Waals surface area contributed by atoms with Crippen LogP contribution >= 0.6 is 0 Å². The molecule has 1 atom stereocenters. The third kappa shape index (κ3) is 1.00. The van der Waals surface area contributed by atoms with Gasteiger partial charge >= 0.3 is 0 Å². The zero-order valence-corrected chi connectivity index (χ0v) is 7.09. The number of nitrogens with zero attached hydrogens (tertiary/aromatic N) is 1. The highest BCUT2D eigenvalue weighted by atomic mass is 16.5. The van der Waals surface area contributed by atoms with Gasteiger partial charge in [0.25, 0.3) is 0 Å². The monoisotopic (exact) mass is 165 g/mol. The van der Waals surface area contributed by atoms with Crippen LogP contribution in [-0.2, 0) is 0 Å². The summed E-state index contributed by atoms with van der Waals surface area (Å²) in [6.07, 6.45) is 1.77. The largest absolute Gasteiger partial charge is 0.481 e. The normalized spacial score (nSPS) is 20.0. The van der Waals surface area contributed by atoms with E-state index in [0.29, 0.717) is 11.9 Å². The van der Waals surface area contributed by atoms with E-state index in [1.807, 2.05) is 6.07 Å². The van der Waals surface area contributed by atoms with E-state index in [-0.39, 0.29) is 0 Å². The Morgan fingerprint density at radius 1 is 1.58 bits per heavy atom. The first kappa shape index (κ1) is 7.36. The highest BCUT2D eigenvalue weighted by Crippen LogP contribution is 2.29. The van der Waals surface area contributed by atoms with Gasteiger partial charge in [0.15, 0.2) is 0 Å². The van der Waals surface area contributed by atoms with Gasteiger partial charge in [-0.05, 0) is 6.92 Å². The minimum absolute atomic E-state index is 0.317. The molecule has 4 nitrogen and oxygen atoms in total. The van der Waals surface area contributed by atoms with E-state index in [0.717, 1.165) is 5.69 Å². The zero-order valence-electron chi connectivity index (χ0n) is 7.09. The lowest BCUT2D eigenvalue weighted by Gasteiger charge is -2.03. The average Bonchev–Trinajstić information content (AvgIpc) is 2.47. The summed E-state index contributed by atoms with van der Waals surface area (Å²) in [4.78, 5) is 4.08. The van der Waals surface area contributed by atoms with Gasteiger partial charge in [0.05, 0.1) is 25.0 Å². The number of methoxy groups -OCH3 is 1. The summed E-state index contributed by atoms with van der Waals surface area (Å²) in [5, 5.41) is 0. The van der Waals surface area contributed by atoms with E-state index < -0.39 is 0 Å². The SMILES string of the molecule is COc1cc2c(cn1)NNC2C. The van der Waals surface area contributed by atoms with E-state index in [1.54, 1.807) is 13.3 Å². The van der Waals surface area contributed by atoms with Crippen LogP contribution in [0.4, 0.5) is 5.69 Å². The van der Waals surface area contributed by atoms with Crippen LogP contribution in [0.15, 0.2) is 12.3 Å². The molecule has 0 saturated heterocycles. The van der Waals surface area contributed by atoms with Crippen molar-refractivity contribution in [1.82, 2.24) is 10.4 Å². The number of pyridine rings is 1. The molecule has 1 aliphatic heterocycles. The highest BCUT2D eigenvalue weighted by molar-refractivity contribution is 5.55. The maximum Gasteiger partial charge on any atom is 0.213 e. The predicted octanol–water partition coefficient (Wildman–Crippen LogP) is 1.08. The first-order valence-corrected chi connectivity index (χ1v) is 3.86. The quantitative estimate of drug-likeness (QED) is 0.653. The van der Waals surface area contributed by atoms with Crippen LogP contribution in [0.3, 0.4) is 0 Å². The summed E-state index contributed by atoms with van der Waals surface area (Å²) < 4.78 is 5.02. The van der Waals surface area contributed by atoms with Gasteiger partial charge in [0, 0.05) is 11.6 Å². The molecule has 1 unspecified atom stereocenters. The van der Waals surface area contributed by atoms with Gasteiger partial charge in [-0.25, -0.2) is 10.4 Å². The third-order valence-electron chi connectivity index (χ3n) is 2.01. The summed E-state index contributed by atoms with van der Waals surface area (Å²) in [7, 11) is 1.62. The van der Waals surface area contributed by atoms with Crippen LogP contribution < -0.4 is 15.6 Å². The van der Waals surface area contributed by atoms with Gasteiger partial charge < -0.3 is 10.2 Å². The number of fused-ring (bicyclic) bond motifs is 1. The molecule has 0 amide bonds. The molecule has 0 aliphatic carbocycles. The lowest BCUT2D eigenvalue weighted by atomic mass is 10.1. The molecule has 1 aromatic rings. The van der Waals surface area contributed by atoms with E-state index in [4.69, 9.17) is 4.74 Å². The van der Waals surface area contributed by atoms with Crippen molar-refractivity contribution in [3.8, 4) is 5.88 Å². The second-order valence-corrected chi connectivity index (χ2v) is 2.80. The topological polar surface area (TPSA) is 46.2 Å². The van der Waals surface area contributed by atoms with Crippen molar-refractivity contribution in [2.45, 2.75) is 13.0 Å². The number of rotatable bonds is 1. The fraction of sp³-hybridized carbons (Fsp3) is 0.375. The van der Waals surface area contributed by atoms with Gasteiger partial charge in [0.1, 0.15) is 0 Å².